The molecule has 1 aliphatic rings. The van der Waals surface area contributed by atoms with E-state index in [1.54, 1.807) is 30.3 Å². The van der Waals surface area contributed by atoms with Crippen LogP contribution in [0.15, 0.2) is 57.9 Å². The van der Waals surface area contributed by atoms with Crippen molar-refractivity contribution in [2.45, 2.75) is 0 Å². The molecule has 2 aromatic carbocycles. The van der Waals surface area contributed by atoms with Crippen LogP contribution in [0.4, 0.5) is 9.18 Å². The van der Waals surface area contributed by atoms with E-state index >= 15 is 0 Å². The number of carbonyl (C=O) groups excluding carboxylic acids is 2. The fraction of sp³-hybridized carbons (Fsp3) is 0.111. The van der Waals surface area contributed by atoms with Gasteiger partial charge in [-0.25, -0.2) is 4.39 Å². The molecule has 0 spiro atoms. The zero-order valence-electron chi connectivity index (χ0n) is 12.9. The fourth-order valence-electron chi connectivity index (χ4n) is 2.22. The first-order chi connectivity index (χ1) is 12.0. The Morgan fingerprint density at radius 3 is 2.64 bits per heavy atom. The first-order valence-corrected chi connectivity index (χ1v) is 9.04. The van der Waals surface area contributed by atoms with Crippen LogP contribution < -0.4 is 4.74 Å². The molecule has 1 aliphatic heterocycles. The topological polar surface area (TPSA) is 46.6 Å². The number of hydrogen-bond acceptors (Lipinski definition) is 4. The van der Waals surface area contributed by atoms with Crippen LogP contribution in [0, 0.1) is 5.82 Å². The van der Waals surface area contributed by atoms with E-state index in [1.807, 2.05) is 18.2 Å². The van der Waals surface area contributed by atoms with Gasteiger partial charge in [-0.3, -0.25) is 14.5 Å². The number of carbonyl (C=O) groups is 2. The molecule has 4 nitrogen and oxygen atoms in total. The summed E-state index contributed by atoms with van der Waals surface area (Å²) in [5.41, 5.74) is 0.638. The molecule has 2 amide bonds. The highest BCUT2D eigenvalue weighted by atomic mass is 79.9. The van der Waals surface area contributed by atoms with Crippen molar-refractivity contribution in [3.05, 3.63) is 69.3 Å². The number of ether oxygens (including phenoxy) is 1. The molecule has 3 rings (SSSR count). The Morgan fingerprint density at radius 2 is 1.92 bits per heavy atom. The van der Waals surface area contributed by atoms with Gasteiger partial charge in [-0.2, -0.15) is 0 Å². The lowest BCUT2D eigenvalue weighted by Crippen LogP contribution is -2.32. The minimum Gasteiger partial charge on any atom is -0.492 e. The summed E-state index contributed by atoms with van der Waals surface area (Å²) in [5.74, 6) is -0.0726. The van der Waals surface area contributed by atoms with Crippen LogP contribution in [0.1, 0.15) is 5.56 Å². The third kappa shape index (κ3) is 4.29. The number of thioether (sulfide) groups is 1. The number of rotatable bonds is 5. The quantitative estimate of drug-likeness (QED) is 0.656. The highest BCUT2D eigenvalue weighted by Gasteiger charge is 2.34. The van der Waals surface area contributed by atoms with Gasteiger partial charge in [-0.1, -0.05) is 24.3 Å². The lowest BCUT2D eigenvalue weighted by atomic mass is 10.2. The molecule has 0 N–H and O–H groups in total. The maximum absolute atomic E-state index is 13.3. The Bertz CT molecular complexity index is 841. The van der Waals surface area contributed by atoms with E-state index in [0.29, 0.717) is 20.7 Å². The third-order valence-electron chi connectivity index (χ3n) is 3.44. The van der Waals surface area contributed by atoms with Gasteiger partial charge in [0.05, 0.1) is 15.9 Å². The fourth-order valence-corrected chi connectivity index (χ4v) is 3.48. The van der Waals surface area contributed by atoms with E-state index in [-0.39, 0.29) is 30.1 Å². The molecule has 1 heterocycles. The van der Waals surface area contributed by atoms with Gasteiger partial charge in [0.2, 0.25) is 0 Å². The summed E-state index contributed by atoms with van der Waals surface area (Å²) in [5, 5.41) is -0.339. The molecule has 25 heavy (non-hydrogen) atoms. The minimum absolute atomic E-state index is 0.171. The molecule has 0 atom stereocenters. The summed E-state index contributed by atoms with van der Waals surface area (Å²) in [6.45, 7) is 0.390. The van der Waals surface area contributed by atoms with Crippen LogP contribution in [0.5, 0.6) is 5.75 Å². The first kappa shape index (κ1) is 17.7. The third-order valence-corrected chi connectivity index (χ3v) is 4.96. The molecule has 0 saturated carbocycles. The van der Waals surface area contributed by atoms with Gasteiger partial charge >= 0.3 is 0 Å². The molecule has 0 aliphatic carbocycles. The monoisotopic (exact) mass is 421 g/mol. The van der Waals surface area contributed by atoms with Gasteiger partial charge in [0.15, 0.2) is 0 Å². The number of para-hydroxylation sites is 1. The highest BCUT2D eigenvalue weighted by molar-refractivity contribution is 9.10. The van der Waals surface area contributed by atoms with Crippen LogP contribution in [-0.2, 0) is 4.79 Å². The Kier molecular flexibility index (Phi) is 5.55. The Balaban J connectivity index is 1.65. The van der Waals surface area contributed by atoms with Crippen LogP contribution in [0.2, 0.25) is 0 Å². The molecular formula is C18H13BrFNO3S. The van der Waals surface area contributed by atoms with Crippen molar-refractivity contribution in [3.63, 3.8) is 0 Å². The lowest BCUT2D eigenvalue weighted by Gasteiger charge is -2.13. The van der Waals surface area contributed by atoms with Gasteiger partial charge < -0.3 is 4.74 Å². The second-order valence-electron chi connectivity index (χ2n) is 5.17. The van der Waals surface area contributed by atoms with Crippen molar-refractivity contribution in [2.75, 3.05) is 13.2 Å². The standard InChI is InChI=1S/C18H13BrFNO3S/c19-14-10-12(6-7-15(14)20)11-16-17(22)21(18(23)25-16)8-9-24-13-4-2-1-3-5-13/h1-7,10-11H,8-9H2/b16-11-. The van der Waals surface area contributed by atoms with Gasteiger partial charge in [0.25, 0.3) is 11.1 Å². The Hall–Kier alpha value is -2.12. The second kappa shape index (κ2) is 7.84. The zero-order valence-corrected chi connectivity index (χ0v) is 15.3. The summed E-state index contributed by atoms with van der Waals surface area (Å²) in [6.07, 6.45) is 1.58. The Labute approximate surface area is 156 Å². The van der Waals surface area contributed by atoms with Crippen molar-refractivity contribution < 1.29 is 18.7 Å². The van der Waals surface area contributed by atoms with Crippen LogP contribution in [0.3, 0.4) is 0 Å². The second-order valence-corrected chi connectivity index (χ2v) is 7.02. The number of hydrogen-bond donors (Lipinski definition) is 0. The normalized spacial score (nSPS) is 15.9. The molecule has 0 unspecified atom stereocenters. The SMILES string of the molecule is O=C1S/C(=C\c2ccc(F)c(Br)c2)C(=O)N1CCOc1ccccc1. The van der Waals surface area contributed by atoms with Gasteiger partial charge in [-0.15, -0.1) is 0 Å². The molecule has 0 bridgehead atoms. The molecule has 0 radical (unpaired) electrons. The summed E-state index contributed by atoms with van der Waals surface area (Å²) in [7, 11) is 0. The summed E-state index contributed by atoms with van der Waals surface area (Å²) in [6, 6.07) is 13.6. The van der Waals surface area contributed by atoms with Crippen molar-refractivity contribution >= 4 is 44.9 Å². The van der Waals surface area contributed by atoms with Crippen molar-refractivity contribution in [1.29, 1.82) is 0 Å². The number of halogens is 2. The van der Waals surface area contributed by atoms with Crippen molar-refractivity contribution in [2.24, 2.45) is 0 Å². The van der Waals surface area contributed by atoms with E-state index in [4.69, 9.17) is 4.74 Å². The number of imide groups is 1. The molecule has 128 valence electrons. The zero-order chi connectivity index (χ0) is 17.8. The largest absolute Gasteiger partial charge is 0.492 e. The van der Waals surface area contributed by atoms with E-state index in [9.17, 15) is 14.0 Å². The predicted molar refractivity (Wildman–Crippen MR) is 98.7 cm³/mol. The van der Waals surface area contributed by atoms with Crippen LogP contribution in [0.25, 0.3) is 6.08 Å². The van der Waals surface area contributed by atoms with Gasteiger partial charge in [-0.05, 0) is 63.6 Å². The highest BCUT2D eigenvalue weighted by Crippen LogP contribution is 2.32. The molecule has 0 aromatic heterocycles. The van der Waals surface area contributed by atoms with E-state index in [1.165, 1.54) is 6.07 Å². The summed E-state index contributed by atoms with van der Waals surface area (Å²) < 4.78 is 19.1. The number of nitrogens with zero attached hydrogens (tertiary/aromatic N) is 1. The lowest BCUT2D eigenvalue weighted by molar-refractivity contribution is -0.123. The van der Waals surface area contributed by atoms with E-state index in [2.05, 4.69) is 15.9 Å². The average Bonchev–Trinajstić information content (AvgIpc) is 2.86. The molecular weight excluding hydrogens is 409 g/mol. The molecule has 1 fully saturated rings. The Morgan fingerprint density at radius 1 is 1.16 bits per heavy atom. The van der Waals surface area contributed by atoms with Crippen LogP contribution in [-0.4, -0.2) is 29.2 Å². The summed E-state index contributed by atoms with van der Waals surface area (Å²) in [4.78, 5) is 25.9. The molecule has 7 heteroatoms. The predicted octanol–water partition coefficient (Wildman–Crippen LogP) is 4.70. The van der Waals surface area contributed by atoms with Crippen molar-refractivity contribution in [3.8, 4) is 5.75 Å². The van der Waals surface area contributed by atoms with Crippen molar-refractivity contribution in [1.82, 2.24) is 4.90 Å². The molecule has 1 saturated heterocycles. The number of amides is 2. The molecule has 2 aromatic rings. The maximum atomic E-state index is 13.3. The van der Waals surface area contributed by atoms with Gasteiger partial charge in [0.1, 0.15) is 18.2 Å². The van der Waals surface area contributed by atoms with E-state index < -0.39 is 0 Å². The smallest absolute Gasteiger partial charge is 0.293 e. The van der Waals surface area contributed by atoms with E-state index in [0.717, 1.165) is 16.7 Å². The minimum atomic E-state index is -0.386. The average molecular weight is 422 g/mol. The maximum Gasteiger partial charge on any atom is 0.293 e. The van der Waals surface area contributed by atoms with Gasteiger partial charge in [0, 0.05) is 0 Å². The number of benzene rings is 2. The first-order valence-electron chi connectivity index (χ1n) is 7.43. The van der Waals surface area contributed by atoms with Crippen LogP contribution >= 0.6 is 27.7 Å². The summed E-state index contributed by atoms with van der Waals surface area (Å²) >= 11 is 3.97.